The van der Waals surface area contributed by atoms with Crippen molar-refractivity contribution in [1.82, 2.24) is 5.32 Å². The molecule has 1 aliphatic rings. The Morgan fingerprint density at radius 3 is 2.71 bits per heavy atom. The summed E-state index contributed by atoms with van der Waals surface area (Å²) in [6, 6.07) is 9.65. The molecular weight excluding hydrogens is 218 g/mol. The number of rotatable bonds is 5. The van der Waals surface area contributed by atoms with Gasteiger partial charge in [-0.05, 0) is 12.5 Å². The quantitative estimate of drug-likeness (QED) is 0.777. The Kier molecular flexibility index (Phi) is 3.76. The average molecular weight is 235 g/mol. The fourth-order valence-corrected chi connectivity index (χ4v) is 1.58. The molecule has 92 valence electrons. The number of nitrogens with one attached hydrogen (secondary N) is 1. The Labute approximate surface area is 101 Å². The van der Waals surface area contributed by atoms with E-state index in [0.717, 1.165) is 5.56 Å². The van der Waals surface area contributed by atoms with E-state index in [-0.39, 0.29) is 18.1 Å². The van der Waals surface area contributed by atoms with Gasteiger partial charge in [-0.3, -0.25) is 10.1 Å². The second kappa shape index (κ2) is 5.29. The van der Waals surface area contributed by atoms with Gasteiger partial charge < -0.3 is 9.47 Å². The van der Waals surface area contributed by atoms with E-state index in [0.29, 0.717) is 19.8 Å². The Hall–Kier alpha value is -1.39. The predicted molar refractivity (Wildman–Crippen MR) is 63.5 cm³/mol. The smallest absolute Gasteiger partial charge is 0.320 e. The van der Waals surface area contributed by atoms with E-state index >= 15 is 0 Å². The molecule has 1 N–H and O–H groups in total. The SMILES string of the molecule is CC1(NCC(=O)OCc2ccccc2)COC1. The first-order valence-electron chi connectivity index (χ1n) is 5.70. The van der Waals surface area contributed by atoms with Crippen LogP contribution in [0, 0.1) is 0 Å². The molecule has 17 heavy (non-hydrogen) atoms. The summed E-state index contributed by atoms with van der Waals surface area (Å²) in [5, 5.41) is 3.13. The average Bonchev–Trinajstić information content (AvgIpc) is 2.33. The predicted octanol–water partition coefficient (Wildman–Crippen LogP) is 1.11. The van der Waals surface area contributed by atoms with Crippen molar-refractivity contribution in [3.05, 3.63) is 35.9 Å². The highest BCUT2D eigenvalue weighted by Crippen LogP contribution is 2.14. The Balaban J connectivity index is 1.67. The minimum Gasteiger partial charge on any atom is -0.460 e. The summed E-state index contributed by atoms with van der Waals surface area (Å²) in [6.07, 6.45) is 0. The zero-order chi connectivity index (χ0) is 12.1. The second-order valence-corrected chi connectivity index (χ2v) is 4.55. The molecule has 1 aromatic rings. The van der Waals surface area contributed by atoms with Crippen LogP contribution in [0.5, 0.6) is 0 Å². The zero-order valence-electron chi connectivity index (χ0n) is 9.94. The van der Waals surface area contributed by atoms with Gasteiger partial charge in [0.05, 0.1) is 25.3 Å². The molecule has 4 heteroatoms. The molecule has 0 amide bonds. The number of benzene rings is 1. The van der Waals surface area contributed by atoms with Crippen molar-refractivity contribution in [1.29, 1.82) is 0 Å². The zero-order valence-corrected chi connectivity index (χ0v) is 9.94. The van der Waals surface area contributed by atoms with Gasteiger partial charge in [-0.2, -0.15) is 0 Å². The van der Waals surface area contributed by atoms with Gasteiger partial charge in [-0.15, -0.1) is 0 Å². The van der Waals surface area contributed by atoms with Crippen LogP contribution in [0.1, 0.15) is 12.5 Å². The maximum atomic E-state index is 11.5. The molecule has 1 fully saturated rings. The Morgan fingerprint density at radius 2 is 2.12 bits per heavy atom. The third-order valence-electron chi connectivity index (χ3n) is 2.74. The van der Waals surface area contributed by atoms with Crippen LogP contribution in [0.3, 0.4) is 0 Å². The van der Waals surface area contributed by atoms with Gasteiger partial charge in [0.15, 0.2) is 0 Å². The number of esters is 1. The fraction of sp³-hybridized carbons (Fsp3) is 0.462. The summed E-state index contributed by atoms with van der Waals surface area (Å²) in [5.74, 6) is -0.234. The highest BCUT2D eigenvalue weighted by atomic mass is 16.5. The van der Waals surface area contributed by atoms with Gasteiger partial charge in [-0.25, -0.2) is 0 Å². The number of hydrogen-bond acceptors (Lipinski definition) is 4. The first kappa shape index (κ1) is 12.1. The summed E-state index contributed by atoms with van der Waals surface area (Å²) >= 11 is 0. The van der Waals surface area contributed by atoms with Crippen LogP contribution in [-0.4, -0.2) is 31.3 Å². The van der Waals surface area contributed by atoms with Crippen LogP contribution in [-0.2, 0) is 20.9 Å². The van der Waals surface area contributed by atoms with Gasteiger partial charge in [0.1, 0.15) is 6.61 Å². The van der Waals surface area contributed by atoms with Gasteiger partial charge in [0.25, 0.3) is 0 Å². The minimum atomic E-state index is -0.234. The molecular formula is C13H17NO3. The molecule has 2 rings (SSSR count). The van der Waals surface area contributed by atoms with Gasteiger partial charge in [0, 0.05) is 0 Å². The van der Waals surface area contributed by atoms with Gasteiger partial charge in [-0.1, -0.05) is 30.3 Å². The van der Waals surface area contributed by atoms with Crippen molar-refractivity contribution in [2.45, 2.75) is 19.1 Å². The fourth-order valence-electron chi connectivity index (χ4n) is 1.58. The number of hydrogen-bond donors (Lipinski definition) is 1. The molecule has 0 unspecified atom stereocenters. The molecule has 0 saturated carbocycles. The molecule has 0 spiro atoms. The summed E-state index contributed by atoms with van der Waals surface area (Å²) in [6.45, 7) is 3.89. The number of carbonyl (C=O) groups is 1. The molecule has 0 bridgehead atoms. The minimum absolute atomic E-state index is 0.0637. The third kappa shape index (κ3) is 3.54. The van der Waals surface area contributed by atoms with Crippen LogP contribution in [0.4, 0.5) is 0 Å². The standard InChI is InChI=1S/C13H17NO3/c1-13(9-16-10-13)14-7-12(15)17-8-11-5-3-2-4-6-11/h2-6,14H,7-10H2,1H3. The summed E-state index contributed by atoms with van der Waals surface area (Å²) < 4.78 is 10.2. The van der Waals surface area contributed by atoms with E-state index < -0.39 is 0 Å². The topological polar surface area (TPSA) is 47.6 Å². The van der Waals surface area contributed by atoms with Crippen molar-refractivity contribution >= 4 is 5.97 Å². The van der Waals surface area contributed by atoms with Crippen molar-refractivity contribution < 1.29 is 14.3 Å². The van der Waals surface area contributed by atoms with E-state index in [1.807, 2.05) is 37.3 Å². The number of carbonyl (C=O) groups excluding carboxylic acids is 1. The normalized spacial score (nSPS) is 17.2. The molecule has 1 saturated heterocycles. The summed E-state index contributed by atoms with van der Waals surface area (Å²) in [5.41, 5.74) is 0.935. The number of ether oxygens (including phenoxy) is 2. The third-order valence-corrected chi connectivity index (χ3v) is 2.74. The lowest BCUT2D eigenvalue weighted by Crippen LogP contribution is -2.59. The van der Waals surface area contributed by atoms with E-state index in [2.05, 4.69) is 5.32 Å². The van der Waals surface area contributed by atoms with Crippen LogP contribution in [0.2, 0.25) is 0 Å². The van der Waals surface area contributed by atoms with Crippen LogP contribution in [0.25, 0.3) is 0 Å². The largest absolute Gasteiger partial charge is 0.460 e. The maximum Gasteiger partial charge on any atom is 0.320 e. The van der Waals surface area contributed by atoms with E-state index in [1.165, 1.54) is 0 Å². The van der Waals surface area contributed by atoms with Gasteiger partial charge in [0.2, 0.25) is 0 Å². The van der Waals surface area contributed by atoms with Crippen molar-refractivity contribution in [2.24, 2.45) is 0 Å². The van der Waals surface area contributed by atoms with E-state index in [1.54, 1.807) is 0 Å². The first-order valence-corrected chi connectivity index (χ1v) is 5.70. The lowest BCUT2D eigenvalue weighted by atomic mass is 10.0. The molecule has 0 radical (unpaired) electrons. The highest BCUT2D eigenvalue weighted by molar-refractivity contribution is 5.71. The van der Waals surface area contributed by atoms with Crippen LogP contribution < -0.4 is 5.32 Å². The summed E-state index contributed by atoms with van der Waals surface area (Å²) in [4.78, 5) is 11.5. The van der Waals surface area contributed by atoms with E-state index in [4.69, 9.17) is 9.47 Å². The first-order chi connectivity index (χ1) is 8.18. The Bertz CT molecular complexity index is 374. The van der Waals surface area contributed by atoms with Gasteiger partial charge >= 0.3 is 5.97 Å². The summed E-state index contributed by atoms with van der Waals surface area (Å²) in [7, 11) is 0. The van der Waals surface area contributed by atoms with Crippen molar-refractivity contribution in [2.75, 3.05) is 19.8 Å². The lowest BCUT2D eigenvalue weighted by Gasteiger charge is -2.38. The molecule has 0 atom stereocenters. The molecule has 0 aliphatic carbocycles. The highest BCUT2D eigenvalue weighted by Gasteiger charge is 2.33. The van der Waals surface area contributed by atoms with E-state index in [9.17, 15) is 4.79 Å². The lowest BCUT2D eigenvalue weighted by molar-refractivity contribution is -0.145. The molecule has 1 heterocycles. The molecule has 1 aliphatic heterocycles. The van der Waals surface area contributed by atoms with Crippen LogP contribution >= 0.6 is 0 Å². The Morgan fingerprint density at radius 1 is 1.41 bits per heavy atom. The second-order valence-electron chi connectivity index (χ2n) is 4.55. The maximum absolute atomic E-state index is 11.5. The molecule has 0 aromatic heterocycles. The van der Waals surface area contributed by atoms with Crippen LogP contribution in [0.15, 0.2) is 30.3 Å². The molecule has 4 nitrogen and oxygen atoms in total. The monoisotopic (exact) mass is 235 g/mol. The van der Waals surface area contributed by atoms with Crippen molar-refractivity contribution in [3.8, 4) is 0 Å². The molecule has 1 aromatic carbocycles. The van der Waals surface area contributed by atoms with Crippen molar-refractivity contribution in [3.63, 3.8) is 0 Å².